The molecule has 9 heteroatoms. The van der Waals surface area contributed by atoms with E-state index in [0.717, 1.165) is 16.8 Å². The largest absolute Gasteiger partial charge is 0.483 e. The number of thioether (sulfide) groups is 1. The Labute approximate surface area is 205 Å². The zero-order valence-corrected chi connectivity index (χ0v) is 20.8. The normalized spacial score (nSPS) is 18.6. The van der Waals surface area contributed by atoms with E-state index in [1.165, 1.54) is 17.3 Å². The van der Waals surface area contributed by atoms with Crippen LogP contribution in [0.4, 0.5) is 5.69 Å². The number of hydrogen-bond acceptors (Lipinski definition) is 6. The number of rotatable bonds is 5. The summed E-state index contributed by atoms with van der Waals surface area (Å²) in [5.74, 6) is 0.321. The number of hydrogen-bond donors (Lipinski definition) is 1. The second kappa shape index (κ2) is 10.5. The molecule has 2 fully saturated rings. The number of amides is 2. The van der Waals surface area contributed by atoms with Gasteiger partial charge >= 0.3 is 0 Å². The standard InChI is InChI=1S/C24H24BrN3O4S/c1-15-3-5-19(16(2)11-15)26-24-27-23(30)21(33-24)13-17-4-6-20(18(25)12-17)32-14-22(29)28-7-9-31-10-8-28/h3-6,11-13H,7-10,14H2,1-2H3,(H,26,27,30)/b21-13-. The summed E-state index contributed by atoms with van der Waals surface area (Å²) in [7, 11) is 0. The van der Waals surface area contributed by atoms with Crippen LogP contribution in [0, 0.1) is 13.8 Å². The van der Waals surface area contributed by atoms with Crippen molar-refractivity contribution in [3.8, 4) is 5.75 Å². The van der Waals surface area contributed by atoms with Gasteiger partial charge < -0.3 is 19.7 Å². The fourth-order valence-electron chi connectivity index (χ4n) is 3.44. The monoisotopic (exact) mass is 529 g/mol. The van der Waals surface area contributed by atoms with E-state index in [2.05, 4.69) is 32.3 Å². The first kappa shape index (κ1) is 23.5. The van der Waals surface area contributed by atoms with Gasteiger partial charge in [-0.15, -0.1) is 0 Å². The molecule has 0 unspecified atom stereocenters. The molecule has 7 nitrogen and oxygen atoms in total. The number of carbonyl (C=O) groups is 2. The molecule has 1 N–H and O–H groups in total. The molecular weight excluding hydrogens is 506 g/mol. The maximum absolute atomic E-state index is 12.4. The van der Waals surface area contributed by atoms with Gasteiger partial charge in [-0.1, -0.05) is 23.8 Å². The van der Waals surface area contributed by atoms with E-state index in [4.69, 9.17) is 9.47 Å². The fourth-order valence-corrected chi connectivity index (χ4v) is 4.79. The van der Waals surface area contributed by atoms with Gasteiger partial charge in [0.05, 0.1) is 28.3 Å². The van der Waals surface area contributed by atoms with Gasteiger partial charge in [0, 0.05) is 13.1 Å². The average molecular weight is 530 g/mol. The van der Waals surface area contributed by atoms with Crippen LogP contribution in [0.5, 0.6) is 5.75 Å². The van der Waals surface area contributed by atoms with Crippen LogP contribution in [-0.2, 0) is 14.3 Å². The summed E-state index contributed by atoms with van der Waals surface area (Å²) < 4.78 is 11.7. The highest BCUT2D eigenvalue weighted by molar-refractivity contribution is 9.10. The molecule has 0 atom stereocenters. The zero-order valence-electron chi connectivity index (χ0n) is 18.4. The van der Waals surface area contributed by atoms with Crippen LogP contribution in [0.2, 0.25) is 0 Å². The van der Waals surface area contributed by atoms with Gasteiger partial charge in [0.15, 0.2) is 11.8 Å². The molecule has 0 saturated carbocycles. The zero-order chi connectivity index (χ0) is 23.4. The van der Waals surface area contributed by atoms with Gasteiger partial charge in [-0.3, -0.25) is 9.59 Å². The summed E-state index contributed by atoms with van der Waals surface area (Å²) in [5.41, 5.74) is 3.89. The number of benzene rings is 2. The Balaban J connectivity index is 1.41. The third kappa shape index (κ3) is 6.04. The number of morpholine rings is 1. The summed E-state index contributed by atoms with van der Waals surface area (Å²) in [5, 5.41) is 3.38. The molecule has 2 heterocycles. The van der Waals surface area contributed by atoms with E-state index in [9.17, 15) is 9.59 Å². The van der Waals surface area contributed by atoms with Crippen molar-refractivity contribution in [3.63, 3.8) is 0 Å². The highest BCUT2D eigenvalue weighted by Crippen LogP contribution is 2.32. The van der Waals surface area contributed by atoms with Gasteiger partial charge in [-0.25, -0.2) is 4.99 Å². The van der Waals surface area contributed by atoms with Crippen LogP contribution in [-0.4, -0.2) is 54.8 Å². The van der Waals surface area contributed by atoms with Crippen molar-refractivity contribution in [3.05, 3.63) is 62.5 Å². The van der Waals surface area contributed by atoms with E-state index >= 15 is 0 Å². The number of nitrogens with one attached hydrogen (secondary N) is 1. The first-order chi connectivity index (χ1) is 15.9. The van der Waals surface area contributed by atoms with E-state index in [1.807, 2.05) is 38.1 Å². The lowest BCUT2D eigenvalue weighted by Gasteiger charge is -2.26. The van der Waals surface area contributed by atoms with Crippen LogP contribution in [0.1, 0.15) is 16.7 Å². The first-order valence-electron chi connectivity index (χ1n) is 10.5. The number of amidine groups is 1. The number of aliphatic imine (C=N–C) groups is 1. The van der Waals surface area contributed by atoms with Crippen LogP contribution in [0.25, 0.3) is 6.08 Å². The molecule has 0 bridgehead atoms. The SMILES string of the molecule is Cc1ccc(N=C2NC(=O)/C(=C/c3ccc(OCC(=O)N4CCOCC4)c(Br)c3)S2)c(C)c1. The number of ether oxygens (including phenoxy) is 2. The summed E-state index contributed by atoms with van der Waals surface area (Å²) in [6.07, 6.45) is 1.80. The second-order valence-electron chi connectivity index (χ2n) is 7.74. The topological polar surface area (TPSA) is 80.2 Å². The molecule has 2 aromatic carbocycles. The van der Waals surface area contributed by atoms with Crippen molar-refractivity contribution in [1.82, 2.24) is 10.2 Å². The van der Waals surface area contributed by atoms with Crippen molar-refractivity contribution < 1.29 is 19.1 Å². The van der Waals surface area contributed by atoms with Gasteiger partial charge in [-0.05, 0) is 76.9 Å². The van der Waals surface area contributed by atoms with Crippen molar-refractivity contribution in [1.29, 1.82) is 0 Å². The Bertz CT molecular complexity index is 1140. The summed E-state index contributed by atoms with van der Waals surface area (Å²) in [4.78, 5) is 31.6. The lowest BCUT2D eigenvalue weighted by atomic mass is 10.1. The molecule has 0 spiro atoms. The molecule has 0 aromatic heterocycles. The van der Waals surface area contributed by atoms with E-state index < -0.39 is 0 Å². The van der Waals surface area contributed by atoms with Crippen molar-refractivity contribution in [2.45, 2.75) is 13.8 Å². The predicted octanol–water partition coefficient (Wildman–Crippen LogP) is 4.20. The molecular formula is C24H24BrN3O4S. The van der Waals surface area contributed by atoms with E-state index in [0.29, 0.717) is 46.6 Å². The van der Waals surface area contributed by atoms with Crippen LogP contribution < -0.4 is 10.1 Å². The number of aryl methyl sites for hydroxylation is 2. The second-order valence-corrected chi connectivity index (χ2v) is 9.63. The van der Waals surface area contributed by atoms with Crippen LogP contribution >= 0.6 is 27.7 Å². The molecule has 33 heavy (non-hydrogen) atoms. The Kier molecular flexibility index (Phi) is 7.52. The van der Waals surface area contributed by atoms with Crippen LogP contribution in [0.15, 0.2) is 50.8 Å². The number of nitrogens with zero attached hydrogens (tertiary/aromatic N) is 2. The quantitative estimate of drug-likeness (QED) is 0.587. The maximum Gasteiger partial charge on any atom is 0.264 e. The highest BCUT2D eigenvalue weighted by atomic mass is 79.9. The summed E-state index contributed by atoms with van der Waals surface area (Å²) in [6, 6.07) is 11.5. The Hall–Kier alpha value is -2.62. The highest BCUT2D eigenvalue weighted by Gasteiger charge is 2.24. The molecule has 2 saturated heterocycles. The van der Waals surface area contributed by atoms with Gasteiger partial charge in [-0.2, -0.15) is 0 Å². The molecule has 4 rings (SSSR count). The molecule has 2 amide bonds. The van der Waals surface area contributed by atoms with Crippen molar-refractivity contribution in [2.75, 3.05) is 32.9 Å². The van der Waals surface area contributed by atoms with Crippen LogP contribution in [0.3, 0.4) is 0 Å². The van der Waals surface area contributed by atoms with Gasteiger partial charge in [0.1, 0.15) is 5.75 Å². The summed E-state index contributed by atoms with van der Waals surface area (Å²) >= 11 is 4.80. The summed E-state index contributed by atoms with van der Waals surface area (Å²) in [6.45, 7) is 6.29. The number of carbonyl (C=O) groups excluding carboxylic acids is 2. The third-order valence-electron chi connectivity index (χ3n) is 5.19. The molecule has 2 aromatic rings. The Morgan fingerprint density at radius 1 is 1.24 bits per heavy atom. The first-order valence-corrected chi connectivity index (χ1v) is 12.1. The minimum Gasteiger partial charge on any atom is -0.483 e. The minimum atomic E-state index is -0.184. The van der Waals surface area contributed by atoms with Crippen molar-refractivity contribution in [2.24, 2.45) is 4.99 Å². The van der Waals surface area contributed by atoms with Gasteiger partial charge in [0.2, 0.25) is 0 Å². The Morgan fingerprint density at radius 2 is 2.03 bits per heavy atom. The Morgan fingerprint density at radius 3 is 2.76 bits per heavy atom. The van der Waals surface area contributed by atoms with Crippen molar-refractivity contribution >= 4 is 56.4 Å². The number of halogens is 1. The third-order valence-corrected chi connectivity index (χ3v) is 6.72. The smallest absolute Gasteiger partial charge is 0.264 e. The molecule has 2 aliphatic heterocycles. The maximum atomic E-state index is 12.4. The fraction of sp³-hybridized carbons (Fsp3) is 0.292. The van der Waals surface area contributed by atoms with E-state index in [-0.39, 0.29) is 18.4 Å². The van der Waals surface area contributed by atoms with E-state index in [1.54, 1.807) is 17.0 Å². The lowest BCUT2D eigenvalue weighted by Crippen LogP contribution is -2.43. The molecule has 0 radical (unpaired) electrons. The minimum absolute atomic E-state index is 0.0322. The molecule has 172 valence electrons. The average Bonchev–Trinajstić information content (AvgIpc) is 3.14. The lowest BCUT2D eigenvalue weighted by molar-refractivity contribution is -0.137. The van der Waals surface area contributed by atoms with Gasteiger partial charge in [0.25, 0.3) is 11.8 Å². The predicted molar refractivity (Wildman–Crippen MR) is 134 cm³/mol. The molecule has 2 aliphatic rings. The molecule has 0 aliphatic carbocycles.